The largest absolute Gasteiger partial charge is 0.469 e. The summed E-state index contributed by atoms with van der Waals surface area (Å²) in [5.41, 5.74) is 5.41. The predicted octanol–water partition coefficient (Wildman–Crippen LogP) is -0.509. The molecule has 0 bridgehead atoms. The maximum Gasteiger partial charge on any atom is 0.332 e. The van der Waals surface area contributed by atoms with Crippen LogP contribution in [0.4, 0.5) is 0 Å². The third-order valence-corrected chi connectivity index (χ3v) is 2.22. The van der Waals surface area contributed by atoms with Gasteiger partial charge in [0.05, 0.1) is 34.9 Å². The topological polar surface area (TPSA) is 169 Å². The molecule has 0 aliphatic carbocycles. The second kappa shape index (κ2) is 21.1. The van der Waals surface area contributed by atoms with Crippen LogP contribution >= 0.6 is 0 Å². The zero-order valence-electron chi connectivity index (χ0n) is 15.4. The lowest BCUT2D eigenvalue weighted by Crippen LogP contribution is -2.14. The summed E-state index contributed by atoms with van der Waals surface area (Å²) in [7, 11) is 5.82. The van der Waals surface area contributed by atoms with E-state index in [-0.39, 0.29) is 32.4 Å². The number of hydrogen-bond donors (Lipinski definition) is 2. The number of carbonyl (C=O) groups is 5. The van der Waals surface area contributed by atoms with Gasteiger partial charge in [0.15, 0.2) is 5.78 Å². The molecule has 0 aromatic carbocycles. The highest BCUT2D eigenvalue weighted by Gasteiger charge is 2.13. The molecule has 0 spiro atoms. The Morgan fingerprint density at radius 1 is 0.741 bits per heavy atom. The number of esters is 4. The molecule has 0 rings (SSSR count). The minimum Gasteiger partial charge on any atom is -0.469 e. The minimum absolute atomic E-state index is 0. The quantitative estimate of drug-likeness (QED) is 0.246. The fourth-order valence-electron chi connectivity index (χ4n) is 1.03. The Bertz CT molecular complexity index is 479. The zero-order chi connectivity index (χ0) is 21.1. The van der Waals surface area contributed by atoms with Crippen molar-refractivity contribution in [2.45, 2.75) is 26.7 Å². The van der Waals surface area contributed by atoms with Gasteiger partial charge >= 0.3 is 23.9 Å². The summed E-state index contributed by atoms with van der Waals surface area (Å²) < 4.78 is 17.1. The normalized spacial score (nSPS) is 8.89. The molecular formula is C16H29NO10. The van der Waals surface area contributed by atoms with Gasteiger partial charge in [-0.05, 0) is 0 Å². The first kappa shape index (κ1) is 31.8. The van der Waals surface area contributed by atoms with Crippen LogP contribution in [0.1, 0.15) is 26.7 Å². The lowest BCUT2D eigenvalue weighted by atomic mass is 10.2. The van der Waals surface area contributed by atoms with Crippen LogP contribution in [-0.4, -0.2) is 70.3 Å². The fourth-order valence-corrected chi connectivity index (χ4v) is 1.03. The van der Waals surface area contributed by atoms with E-state index >= 15 is 0 Å². The second-order valence-corrected chi connectivity index (χ2v) is 4.04. The highest BCUT2D eigenvalue weighted by Crippen LogP contribution is 1.95. The van der Waals surface area contributed by atoms with E-state index in [0.29, 0.717) is 0 Å². The van der Waals surface area contributed by atoms with Gasteiger partial charge in [-0.25, -0.2) is 4.79 Å². The van der Waals surface area contributed by atoms with Crippen LogP contribution in [-0.2, 0) is 42.9 Å². The molecule has 0 fully saturated rings. The standard InChI is InChI=1S/C7H11NO4.C7H10O5.CH4O.CH4/c2*1-11-6(9)3-5(8)4-7(10)12-2;1-2;/h3H,4,8H2,1-2H3;3-4H2,1-2H3;2H,1H3;1H4/b5-3-;;;. The number of aliphatic hydroxyl groups excluding tert-OH is 1. The molecule has 0 aliphatic rings. The molecule has 0 amide bonds. The lowest BCUT2D eigenvalue weighted by molar-refractivity contribution is -0.146. The van der Waals surface area contributed by atoms with E-state index in [1.54, 1.807) is 0 Å². The number of rotatable bonds is 7. The molecule has 11 heteroatoms. The Balaban J connectivity index is -0.000000173. The van der Waals surface area contributed by atoms with E-state index < -0.39 is 29.7 Å². The number of carbonyl (C=O) groups excluding carboxylic acids is 5. The van der Waals surface area contributed by atoms with Crippen molar-refractivity contribution in [2.75, 3.05) is 35.5 Å². The molecular weight excluding hydrogens is 366 g/mol. The highest BCUT2D eigenvalue weighted by atomic mass is 16.5. The molecule has 0 radical (unpaired) electrons. The van der Waals surface area contributed by atoms with Crippen molar-refractivity contribution in [3.63, 3.8) is 0 Å². The van der Waals surface area contributed by atoms with Gasteiger partial charge in [-0.2, -0.15) is 0 Å². The summed E-state index contributed by atoms with van der Waals surface area (Å²) in [6.45, 7) is 0. The molecule has 0 aromatic heterocycles. The van der Waals surface area contributed by atoms with Crippen LogP contribution in [0.25, 0.3) is 0 Å². The minimum atomic E-state index is -0.649. The lowest BCUT2D eigenvalue weighted by Gasteiger charge is -1.98. The Morgan fingerprint density at radius 2 is 1.07 bits per heavy atom. The van der Waals surface area contributed by atoms with Crippen molar-refractivity contribution >= 4 is 29.7 Å². The molecule has 0 aliphatic heterocycles. The second-order valence-electron chi connectivity index (χ2n) is 4.04. The SMILES string of the molecule is C.CO.COC(=O)/C=C(\N)CC(=O)OC.COC(=O)CC(=O)CC(=O)OC. The van der Waals surface area contributed by atoms with Crippen molar-refractivity contribution in [2.24, 2.45) is 5.73 Å². The molecule has 0 saturated carbocycles. The van der Waals surface area contributed by atoms with E-state index in [1.165, 1.54) is 28.4 Å². The number of ketones is 1. The van der Waals surface area contributed by atoms with Crippen molar-refractivity contribution in [3.8, 4) is 0 Å². The first-order valence-electron chi connectivity index (χ1n) is 6.90. The van der Waals surface area contributed by atoms with Crippen molar-refractivity contribution < 1.29 is 48.0 Å². The number of Topliss-reactive ketones (excluding diaryl/α,β-unsaturated/α-hetero) is 1. The van der Waals surface area contributed by atoms with Crippen molar-refractivity contribution in [3.05, 3.63) is 11.8 Å². The van der Waals surface area contributed by atoms with Crippen molar-refractivity contribution in [1.82, 2.24) is 0 Å². The number of ether oxygens (including phenoxy) is 4. The Hall–Kier alpha value is -2.95. The maximum atomic E-state index is 10.8. The Morgan fingerprint density at radius 3 is 1.37 bits per heavy atom. The highest BCUT2D eigenvalue weighted by molar-refractivity contribution is 6.03. The molecule has 11 nitrogen and oxygen atoms in total. The average Bonchev–Trinajstić information content (AvgIpc) is 2.62. The number of hydrogen-bond acceptors (Lipinski definition) is 11. The average molecular weight is 395 g/mol. The number of nitrogens with two attached hydrogens (primary N) is 1. The summed E-state index contributed by atoms with van der Waals surface area (Å²) in [5, 5.41) is 7.00. The van der Waals surface area contributed by atoms with Gasteiger partial charge < -0.3 is 29.8 Å². The monoisotopic (exact) mass is 395 g/mol. The van der Waals surface area contributed by atoms with E-state index in [0.717, 1.165) is 13.2 Å². The number of methoxy groups -OCH3 is 4. The zero-order valence-corrected chi connectivity index (χ0v) is 15.4. The molecule has 0 saturated heterocycles. The fraction of sp³-hybridized carbons (Fsp3) is 0.562. The summed E-state index contributed by atoms with van der Waals surface area (Å²) in [4.78, 5) is 52.9. The third kappa shape index (κ3) is 23.1. The van der Waals surface area contributed by atoms with Gasteiger partial charge in [-0.1, -0.05) is 7.43 Å². The van der Waals surface area contributed by atoms with E-state index in [9.17, 15) is 24.0 Å². The van der Waals surface area contributed by atoms with Crippen molar-refractivity contribution in [1.29, 1.82) is 0 Å². The summed E-state index contributed by atoms with van der Waals surface area (Å²) in [6.07, 6.45) is 0.166. The summed E-state index contributed by atoms with van der Waals surface area (Å²) in [5.74, 6) is -2.88. The maximum absolute atomic E-state index is 10.8. The van der Waals surface area contributed by atoms with Gasteiger partial charge in [0.25, 0.3) is 0 Å². The van der Waals surface area contributed by atoms with Crippen LogP contribution < -0.4 is 5.73 Å². The van der Waals surface area contributed by atoms with E-state index in [4.69, 9.17) is 10.8 Å². The van der Waals surface area contributed by atoms with Gasteiger partial charge in [0.2, 0.25) is 0 Å². The Kier molecular flexibility index (Phi) is 24.8. The molecule has 0 unspecified atom stereocenters. The summed E-state index contributed by atoms with van der Waals surface area (Å²) in [6, 6.07) is 0. The van der Waals surface area contributed by atoms with Gasteiger partial charge in [-0.3, -0.25) is 19.2 Å². The van der Waals surface area contributed by atoms with Crippen LogP contribution in [0.5, 0.6) is 0 Å². The molecule has 3 N–H and O–H groups in total. The van der Waals surface area contributed by atoms with Gasteiger partial charge in [-0.15, -0.1) is 0 Å². The predicted molar refractivity (Wildman–Crippen MR) is 94.1 cm³/mol. The molecule has 27 heavy (non-hydrogen) atoms. The van der Waals surface area contributed by atoms with Crippen LogP contribution in [0, 0.1) is 0 Å². The van der Waals surface area contributed by atoms with E-state index in [1.807, 2.05) is 0 Å². The third-order valence-electron chi connectivity index (χ3n) is 2.22. The van der Waals surface area contributed by atoms with Crippen LogP contribution in [0.2, 0.25) is 0 Å². The van der Waals surface area contributed by atoms with Crippen LogP contribution in [0.15, 0.2) is 11.8 Å². The first-order valence-corrected chi connectivity index (χ1v) is 6.90. The molecule has 0 atom stereocenters. The van der Waals surface area contributed by atoms with E-state index in [2.05, 4.69) is 18.9 Å². The number of aliphatic hydroxyl groups is 1. The van der Waals surface area contributed by atoms with Gasteiger partial charge in [0, 0.05) is 18.9 Å². The molecule has 158 valence electrons. The van der Waals surface area contributed by atoms with Gasteiger partial charge in [0.1, 0.15) is 12.8 Å². The molecule has 0 heterocycles. The first-order chi connectivity index (χ1) is 12.2. The summed E-state index contributed by atoms with van der Waals surface area (Å²) >= 11 is 0. The van der Waals surface area contributed by atoms with Crippen LogP contribution in [0.3, 0.4) is 0 Å². The Labute approximate surface area is 158 Å². The molecule has 0 aromatic rings. The smallest absolute Gasteiger partial charge is 0.332 e.